The van der Waals surface area contributed by atoms with Crippen molar-refractivity contribution < 1.29 is 14.2 Å². The topological polar surface area (TPSA) is 39.7 Å². The largest absolute Gasteiger partial charge is 0.378 e. The lowest BCUT2D eigenvalue weighted by atomic mass is 9.55. The molecular weight excluding hydrogens is 242 g/mol. The number of ether oxygens (including phenoxy) is 3. The van der Waals surface area contributed by atoms with Crippen LogP contribution in [0, 0.1) is 5.41 Å². The van der Waals surface area contributed by atoms with E-state index in [9.17, 15) is 0 Å². The smallest absolute Gasteiger partial charge is 0.169 e. The normalized spacial score (nSPS) is 29.7. The van der Waals surface area contributed by atoms with Crippen molar-refractivity contribution in [3.63, 3.8) is 0 Å². The first-order valence-corrected chi connectivity index (χ1v) is 7.67. The molecule has 4 heteroatoms. The Labute approximate surface area is 117 Å². The maximum Gasteiger partial charge on any atom is 0.169 e. The van der Waals surface area contributed by atoms with E-state index in [1.54, 1.807) is 14.2 Å². The molecule has 0 heterocycles. The zero-order valence-corrected chi connectivity index (χ0v) is 12.6. The van der Waals surface area contributed by atoms with Gasteiger partial charge in [-0.05, 0) is 26.2 Å². The summed E-state index contributed by atoms with van der Waals surface area (Å²) in [5.41, 5.74) is 0.375. The van der Waals surface area contributed by atoms with Crippen LogP contribution in [0.15, 0.2) is 0 Å². The number of rotatable bonds is 7. The zero-order valence-electron chi connectivity index (χ0n) is 12.6. The summed E-state index contributed by atoms with van der Waals surface area (Å²) in [7, 11) is 3.38. The van der Waals surface area contributed by atoms with Crippen molar-refractivity contribution in [3.8, 4) is 0 Å². The predicted molar refractivity (Wildman–Crippen MR) is 75.1 cm³/mol. The molecule has 4 nitrogen and oxygen atoms in total. The molecule has 1 N–H and O–H groups in total. The molecule has 2 aliphatic carbocycles. The van der Waals surface area contributed by atoms with Crippen molar-refractivity contribution in [2.45, 2.75) is 63.9 Å². The molecule has 0 aromatic rings. The highest BCUT2D eigenvalue weighted by molar-refractivity contribution is 5.08. The fourth-order valence-electron chi connectivity index (χ4n) is 3.85. The fourth-order valence-corrected chi connectivity index (χ4v) is 3.85. The number of nitrogens with one attached hydrogen (secondary N) is 1. The molecule has 2 atom stereocenters. The number of hydrogen-bond acceptors (Lipinski definition) is 4. The van der Waals surface area contributed by atoms with Gasteiger partial charge >= 0.3 is 0 Å². The SMILES string of the molecule is CCOC1CC(NCC(OC)OC)C12CCCCC2. The second kappa shape index (κ2) is 7.02. The quantitative estimate of drug-likeness (QED) is 0.721. The summed E-state index contributed by atoms with van der Waals surface area (Å²) in [6, 6.07) is 0.567. The second-order valence-corrected chi connectivity index (χ2v) is 5.84. The van der Waals surface area contributed by atoms with Crippen LogP contribution >= 0.6 is 0 Å². The second-order valence-electron chi connectivity index (χ2n) is 5.84. The van der Waals surface area contributed by atoms with Crippen molar-refractivity contribution in [2.24, 2.45) is 5.41 Å². The molecule has 0 aromatic carbocycles. The van der Waals surface area contributed by atoms with Gasteiger partial charge in [0.2, 0.25) is 0 Å². The van der Waals surface area contributed by atoms with Gasteiger partial charge in [0.25, 0.3) is 0 Å². The van der Waals surface area contributed by atoms with Gasteiger partial charge in [-0.15, -0.1) is 0 Å². The summed E-state index contributed by atoms with van der Waals surface area (Å²) in [4.78, 5) is 0. The lowest BCUT2D eigenvalue weighted by molar-refractivity contribution is -0.159. The Balaban J connectivity index is 1.89. The van der Waals surface area contributed by atoms with Crippen LogP contribution in [0.25, 0.3) is 0 Å². The van der Waals surface area contributed by atoms with E-state index in [2.05, 4.69) is 12.2 Å². The van der Waals surface area contributed by atoms with Crippen molar-refractivity contribution in [2.75, 3.05) is 27.4 Å². The van der Waals surface area contributed by atoms with E-state index >= 15 is 0 Å². The standard InChI is InChI=1S/C15H29NO3/c1-4-19-13-10-12(16-11-14(17-2)18-3)15(13)8-6-5-7-9-15/h12-14,16H,4-11H2,1-3H3. The molecule has 2 unspecified atom stereocenters. The van der Waals surface area contributed by atoms with Gasteiger partial charge in [0, 0.05) is 38.8 Å². The minimum atomic E-state index is -0.146. The molecule has 19 heavy (non-hydrogen) atoms. The first-order valence-electron chi connectivity index (χ1n) is 7.67. The van der Waals surface area contributed by atoms with E-state index < -0.39 is 0 Å². The van der Waals surface area contributed by atoms with Crippen LogP contribution in [0.1, 0.15) is 45.4 Å². The Morgan fingerprint density at radius 2 is 1.84 bits per heavy atom. The third-order valence-corrected chi connectivity index (χ3v) is 4.99. The lowest BCUT2D eigenvalue weighted by Gasteiger charge is -2.58. The molecule has 0 saturated heterocycles. The first-order chi connectivity index (χ1) is 9.26. The third-order valence-electron chi connectivity index (χ3n) is 4.99. The minimum absolute atomic E-state index is 0.146. The molecule has 0 radical (unpaired) electrons. The van der Waals surface area contributed by atoms with Crippen molar-refractivity contribution >= 4 is 0 Å². The van der Waals surface area contributed by atoms with Gasteiger partial charge in [0.15, 0.2) is 6.29 Å². The maximum atomic E-state index is 5.96. The van der Waals surface area contributed by atoms with Gasteiger partial charge in [-0.1, -0.05) is 19.3 Å². The van der Waals surface area contributed by atoms with Crippen LogP contribution in [0.2, 0.25) is 0 Å². The lowest BCUT2D eigenvalue weighted by Crippen LogP contribution is -2.65. The summed E-state index contributed by atoms with van der Waals surface area (Å²) >= 11 is 0. The first kappa shape index (κ1) is 15.2. The zero-order chi connectivity index (χ0) is 13.7. The van der Waals surface area contributed by atoms with Crippen LogP contribution < -0.4 is 5.32 Å². The molecule has 0 amide bonds. The highest BCUT2D eigenvalue weighted by Gasteiger charge is 2.55. The van der Waals surface area contributed by atoms with Gasteiger partial charge < -0.3 is 19.5 Å². The molecule has 1 spiro atoms. The highest BCUT2D eigenvalue weighted by Crippen LogP contribution is 2.53. The highest BCUT2D eigenvalue weighted by atomic mass is 16.7. The van der Waals surface area contributed by atoms with Gasteiger partial charge in [0.1, 0.15) is 0 Å². The average molecular weight is 271 g/mol. The number of hydrogen-bond donors (Lipinski definition) is 1. The monoisotopic (exact) mass is 271 g/mol. The molecule has 2 aliphatic rings. The third kappa shape index (κ3) is 3.13. The van der Waals surface area contributed by atoms with Crippen LogP contribution in [-0.4, -0.2) is 45.8 Å². The van der Waals surface area contributed by atoms with Crippen LogP contribution in [-0.2, 0) is 14.2 Å². The van der Waals surface area contributed by atoms with E-state index in [1.807, 2.05) is 0 Å². The van der Waals surface area contributed by atoms with Gasteiger partial charge in [-0.25, -0.2) is 0 Å². The predicted octanol–water partition coefficient (Wildman–Crippen LogP) is 2.32. The van der Waals surface area contributed by atoms with E-state index in [4.69, 9.17) is 14.2 Å². The van der Waals surface area contributed by atoms with Gasteiger partial charge in [-0.3, -0.25) is 0 Å². The molecule has 2 fully saturated rings. The minimum Gasteiger partial charge on any atom is -0.378 e. The fraction of sp³-hybridized carbons (Fsp3) is 1.00. The molecule has 112 valence electrons. The molecule has 0 bridgehead atoms. The summed E-state index contributed by atoms with van der Waals surface area (Å²) in [5, 5.41) is 3.64. The summed E-state index contributed by atoms with van der Waals surface area (Å²) in [6.45, 7) is 3.69. The van der Waals surface area contributed by atoms with Gasteiger partial charge in [0.05, 0.1) is 6.10 Å². The molecule has 0 aromatic heterocycles. The Bertz CT molecular complexity index is 262. The van der Waals surface area contributed by atoms with Gasteiger partial charge in [-0.2, -0.15) is 0 Å². The summed E-state index contributed by atoms with van der Waals surface area (Å²) < 4.78 is 16.5. The molecule has 2 rings (SSSR count). The van der Waals surface area contributed by atoms with E-state index in [0.717, 1.165) is 19.6 Å². The molecule has 0 aliphatic heterocycles. The van der Waals surface area contributed by atoms with Crippen molar-refractivity contribution in [1.82, 2.24) is 5.32 Å². The Morgan fingerprint density at radius 1 is 1.16 bits per heavy atom. The van der Waals surface area contributed by atoms with E-state index in [0.29, 0.717) is 17.6 Å². The molecule has 2 saturated carbocycles. The number of methoxy groups -OCH3 is 2. The summed E-state index contributed by atoms with van der Waals surface area (Å²) in [6.07, 6.45) is 8.13. The van der Waals surface area contributed by atoms with E-state index in [-0.39, 0.29) is 6.29 Å². The van der Waals surface area contributed by atoms with E-state index in [1.165, 1.54) is 32.1 Å². The van der Waals surface area contributed by atoms with Crippen LogP contribution in [0.4, 0.5) is 0 Å². The van der Waals surface area contributed by atoms with Crippen LogP contribution in [0.5, 0.6) is 0 Å². The van der Waals surface area contributed by atoms with Crippen molar-refractivity contribution in [3.05, 3.63) is 0 Å². The van der Waals surface area contributed by atoms with Crippen LogP contribution in [0.3, 0.4) is 0 Å². The Kier molecular flexibility index (Phi) is 5.63. The Hall–Kier alpha value is -0.160. The van der Waals surface area contributed by atoms with Crippen molar-refractivity contribution in [1.29, 1.82) is 0 Å². The summed E-state index contributed by atoms with van der Waals surface area (Å²) in [5.74, 6) is 0. The molecular formula is C15H29NO3. The average Bonchev–Trinajstić information content (AvgIpc) is 2.47. The Morgan fingerprint density at radius 3 is 2.42 bits per heavy atom. The maximum absolute atomic E-state index is 5.96.